The maximum atomic E-state index is 13.5. The Hall–Kier alpha value is -2.96. The van der Waals surface area contributed by atoms with Gasteiger partial charge in [0, 0.05) is 22.9 Å². The van der Waals surface area contributed by atoms with Crippen molar-refractivity contribution in [2.75, 3.05) is 13.7 Å². The van der Waals surface area contributed by atoms with Crippen LogP contribution >= 0.6 is 0 Å². The van der Waals surface area contributed by atoms with E-state index in [1.807, 2.05) is 6.92 Å². The minimum absolute atomic E-state index is 0.174. The van der Waals surface area contributed by atoms with Gasteiger partial charge in [0.25, 0.3) is 0 Å². The van der Waals surface area contributed by atoms with Crippen molar-refractivity contribution in [1.29, 1.82) is 0 Å². The molecule has 29 heavy (non-hydrogen) atoms. The van der Waals surface area contributed by atoms with Crippen molar-refractivity contribution >= 4 is 17.7 Å². The molecule has 0 spiro atoms. The molecule has 0 bridgehead atoms. The number of carbonyl (C=O) groups excluding carboxylic acids is 3. The van der Waals surface area contributed by atoms with Gasteiger partial charge in [-0.05, 0) is 43.9 Å². The van der Waals surface area contributed by atoms with Crippen LogP contribution in [-0.2, 0) is 23.9 Å². The Morgan fingerprint density at radius 3 is 2.48 bits per heavy atom. The highest BCUT2D eigenvalue weighted by atomic mass is 19.1. The first-order valence-corrected chi connectivity index (χ1v) is 9.55. The van der Waals surface area contributed by atoms with Crippen LogP contribution in [-0.4, -0.2) is 31.4 Å². The number of ether oxygens (including phenoxy) is 2. The van der Waals surface area contributed by atoms with Gasteiger partial charge in [-0.3, -0.25) is 9.59 Å². The molecule has 6 nitrogen and oxygen atoms in total. The summed E-state index contributed by atoms with van der Waals surface area (Å²) in [5.74, 6) is -3.93. The molecule has 1 aliphatic heterocycles. The van der Waals surface area contributed by atoms with Crippen LogP contribution in [0.25, 0.3) is 0 Å². The van der Waals surface area contributed by atoms with Crippen LogP contribution in [0.4, 0.5) is 4.39 Å². The zero-order valence-electron chi connectivity index (χ0n) is 16.9. The fourth-order valence-electron chi connectivity index (χ4n) is 4.15. The van der Waals surface area contributed by atoms with Crippen LogP contribution in [0.5, 0.6) is 0 Å². The van der Waals surface area contributed by atoms with Crippen LogP contribution < -0.4 is 5.32 Å². The number of dihydropyridines is 1. The van der Waals surface area contributed by atoms with Crippen LogP contribution in [0.1, 0.15) is 38.7 Å². The summed E-state index contributed by atoms with van der Waals surface area (Å²) in [6.07, 6.45) is 0.450. The number of benzene rings is 1. The van der Waals surface area contributed by atoms with Crippen molar-refractivity contribution in [2.24, 2.45) is 11.8 Å². The number of halogens is 1. The number of Topliss-reactive ketones (excluding diaryl/α,β-unsaturated/α-hetero) is 1. The Bertz CT molecular complexity index is 916. The maximum absolute atomic E-state index is 13.5. The second kappa shape index (κ2) is 8.19. The number of esters is 2. The van der Waals surface area contributed by atoms with Gasteiger partial charge in [0.15, 0.2) is 5.78 Å². The van der Waals surface area contributed by atoms with Crippen LogP contribution in [0, 0.1) is 17.7 Å². The van der Waals surface area contributed by atoms with E-state index in [-0.39, 0.29) is 23.9 Å². The topological polar surface area (TPSA) is 81.7 Å². The molecule has 1 aromatic rings. The monoisotopic (exact) mass is 401 g/mol. The molecule has 1 N–H and O–H groups in total. The van der Waals surface area contributed by atoms with Gasteiger partial charge in [0.05, 0.1) is 19.3 Å². The summed E-state index contributed by atoms with van der Waals surface area (Å²) in [5.41, 5.74) is 2.44. The quantitative estimate of drug-likeness (QED) is 0.617. The van der Waals surface area contributed by atoms with E-state index in [4.69, 9.17) is 9.47 Å². The number of nitrogens with one attached hydrogen (secondary N) is 1. The highest BCUT2D eigenvalue weighted by Crippen LogP contribution is 2.45. The largest absolute Gasteiger partial charge is 0.468 e. The lowest BCUT2D eigenvalue weighted by Crippen LogP contribution is -2.43. The summed E-state index contributed by atoms with van der Waals surface area (Å²) in [7, 11) is 1.25. The lowest BCUT2D eigenvalue weighted by molar-refractivity contribution is -0.151. The predicted octanol–water partition coefficient (Wildman–Crippen LogP) is 3.00. The molecule has 0 amide bonds. The Kier molecular flexibility index (Phi) is 5.86. The van der Waals surface area contributed by atoms with Gasteiger partial charge in [0.2, 0.25) is 0 Å². The van der Waals surface area contributed by atoms with E-state index >= 15 is 0 Å². The van der Waals surface area contributed by atoms with Crippen molar-refractivity contribution in [2.45, 2.75) is 33.1 Å². The molecule has 2 aliphatic rings. The SMILES string of the molecule is CCOC(=O)C1=C(C)NC2=C(C(=O)[C@@H](C(=O)OC)[C@H](C)C2)[C@@H]1c1ccc(F)cc1. The average molecular weight is 401 g/mol. The number of methoxy groups -OCH3 is 1. The smallest absolute Gasteiger partial charge is 0.336 e. The molecule has 0 unspecified atom stereocenters. The lowest BCUT2D eigenvalue weighted by atomic mass is 9.69. The molecule has 3 rings (SSSR count). The van der Waals surface area contributed by atoms with Crippen molar-refractivity contribution in [3.63, 3.8) is 0 Å². The lowest BCUT2D eigenvalue weighted by Gasteiger charge is -2.38. The highest BCUT2D eigenvalue weighted by molar-refractivity contribution is 6.12. The van der Waals surface area contributed by atoms with Crippen LogP contribution in [0.2, 0.25) is 0 Å². The van der Waals surface area contributed by atoms with Gasteiger partial charge < -0.3 is 14.8 Å². The van der Waals surface area contributed by atoms with E-state index in [2.05, 4.69) is 5.32 Å². The van der Waals surface area contributed by atoms with Gasteiger partial charge in [-0.25, -0.2) is 9.18 Å². The number of hydrogen-bond acceptors (Lipinski definition) is 6. The summed E-state index contributed by atoms with van der Waals surface area (Å²) in [5, 5.41) is 3.17. The molecule has 0 radical (unpaired) electrons. The first-order valence-electron chi connectivity index (χ1n) is 9.55. The minimum atomic E-state index is -0.953. The van der Waals surface area contributed by atoms with E-state index in [1.165, 1.54) is 19.2 Å². The van der Waals surface area contributed by atoms with Gasteiger partial charge in [-0.2, -0.15) is 0 Å². The Morgan fingerprint density at radius 1 is 1.24 bits per heavy atom. The number of hydrogen-bond donors (Lipinski definition) is 1. The Balaban J connectivity index is 2.18. The normalized spacial score (nSPS) is 24.0. The van der Waals surface area contributed by atoms with Gasteiger partial charge >= 0.3 is 11.9 Å². The van der Waals surface area contributed by atoms with Crippen molar-refractivity contribution in [3.05, 3.63) is 58.2 Å². The first kappa shape index (κ1) is 20.8. The van der Waals surface area contributed by atoms with Gasteiger partial charge in [0.1, 0.15) is 11.7 Å². The molecule has 0 fully saturated rings. The average Bonchev–Trinajstić information content (AvgIpc) is 2.67. The van der Waals surface area contributed by atoms with Gasteiger partial charge in [-0.1, -0.05) is 19.1 Å². The van der Waals surface area contributed by atoms with Crippen LogP contribution in [0.15, 0.2) is 46.8 Å². The summed E-state index contributed by atoms with van der Waals surface area (Å²) >= 11 is 0. The van der Waals surface area contributed by atoms with Crippen molar-refractivity contribution in [1.82, 2.24) is 5.32 Å². The van der Waals surface area contributed by atoms with Crippen molar-refractivity contribution < 1.29 is 28.2 Å². The summed E-state index contributed by atoms with van der Waals surface area (Å²) < 4.78 is 23.6. The van der Waals surface area contributed by atoms with Crippen molar-refractivity contribution in [3.8, 4) is 0 Å². The zero-order valence-corrected chi connectivity index (χ0v) is 16.9. The molecule has 1 aromatic carbocycles. The fourth-order valence-corrected chi connectivity index (χ4v) is 4.15. The summed E-state index contributed by atoms with van der Waals surface area (Å²) in [6, 6.07) is 5.65. The third kappa shape index (κ3) is 3.69. The molecule has 7 heteroatoms. The molecule has 1 aliphatic carbocycles. The Morgan fingerprint density at radius 2 is 1.90 bits per heavy atom. The third-order valence-corrected chi connectivity index (χ3v) is 5.44. The maximum Gasteiger partial charge on any atom is 0.336 e. The summed E-state index contributed by atoms with van der Waals surface area (Å²) in [6.45, 7) is 5.43. The van der Waals surface area contributed by atoms with E-state index in [9.17, 15) is 18.8 Å². The number of carbonyl (C=O) groups is 3. The Labute approximate surface area is 168 Å². The molecule has 0 saturated heterocycles. The predicted molar refractivity (Wildman–Crippen MR) is 103 cm³/mol. The van der Waals surface area contributed by atoms with E-state index < -0.39 is 29.6 Å². The summed E-state index contributed by atoms with van der Waals surface area (Å²) in [4.78, 5) is 38.5. The van der Waals surface area contributed by atoms with E-state index in [1.54, 1.807) is 26.0 Å². The third-order valence-electron chi connectivity index (χ3n) is 5.44. The highest BCUT2D eigenvalue weighted by Gasteiger charge is 2.47. The van der Waals surface area contributed by atoms with Crippen LogP contribution in [0.3, 0.4) is 0 Å². The number of allylic oxidation sites excluding steroid dienone is 3. The molecule has 154 valence electrons. The molecule has 0 aromatic heterocycles. The molecular formula is C22H24FNO5. The fraction of sp³-hybridized carbons (Fsp3) is 0.409. The standard InChI is InChI=1S/C22H24FNO5/c1-5-29-22(27)17-12(3)24-15-10-11(2)16(21(26)28-4)20(25)19(15)18(17)13-6-8-14(23)9-7-13/h6-9,11,16,18,24H,5,10H2,1-4H3/t11-,16+,18-/m1/s1. The second-order valence-electron chi connectivity index (χ2n) is 7.31. The second-order valence-corrected chi connectivity index (χ2v) is 7.31. The van der Waals surface area contributed by atoms with E-state index in [0.29, 0.717) is 29.0 Å². The first-order chi connectivity index (χ1) is 13.8. The number of ketones is 1. The van der Waals surface area contributed by atoms with Gasteiger partial charge in [-0.15, -0.1) is 0 Å². The molecule has 3 atom stereocenters. The zero-order chi connectivity index (χ0) is 21.3. The molecular weight excluding hydrogens is 377 g/mol. The molecule has 1 heterocycles. The number of rotatable bonds is 4. The minimum Gasteiger partial charge on any atom is -0.468 e. The van der Waals surface area contributed by atoms with E-state index in [0.717, 1.165) is 0 Å². The molecule has 0 saturated carbocycles.